The summed E-state index contributed by atoms with van der Waals surface area (Å²) in [5, 5.41) is 3.64. The number of halogens is 2. The first-order valence-corrected chi connectivity index (χ1v) is 7.63. The summed E-state index contributed by atoms with van der Waals surface area (Å²) in [6.07, 6.45) is 0.741. The average molecular weight is 306 g/mol. The van der Waals surface area contributed by atoms with E-state index in [4.69, 9.17) is 11.6 Å². The number of nitrogens with one attached hydrogen (secondary N) is 1. The van der Waals surface area contributed by atoms with Crippen LogP contribution in [0.4, 0.5) is 4.39 Å². The van der Waals surface area contributed by atoms with Crippen LogP contribution in [-0.2, 0) is 6.42 Å². The third-order valence-corrected chi connectivity index (χ3v) is 4.11. The first-order valence-electron chi connectivity index (χ1n) is 7.25. The minimum absolute atomic E-state index is 0.171. The normalized spacial score (nSPS) is 12.4. The van der Waals surface area contributed by atoms with E-state index in [0.717, 1.165) is 18.5 Å². The fourth-order valence-corrected chi connectivity index (χ4v) is 2.56. The van der Waals surface area contributed by atoms with Gasteiger partial charge in [0.2, 0.25) is 0 Å². The van der Waals surface area contributed by atoms with Gasteiger partial charge in [0.05, 0.1) is 5.02 Å². The Morgan fingerprint density at radius 1 is 1.10 bits per heavy atom. The Labute approximate surface area is 131 Å². The van der Waals surface area contributed by atoms with Gasteiger partial charge in [0.25, 0.3) is 0 Å². The molecule has 0 heterocycles. The molecule has 0 fully saturated rings. The molecule has 0 aliphatic carbocycles. The highest BCUT2D eigenvalue weighted by Crippen LogP contribution is 2.23. The van der Waals surface area contributed by atoms with Gasteiger partial charge < -0.3 is 5.32 Å². The molecule has 0 saturated heterocycles. The van der Waals surface area contributed by atoms with Crippen LogP contribution in [0.5, 0.6) is 0 Å². The first kappa shape index (κ1) is 16.0. The first-order chi connectivity index (χ1) is 10.0. The zero-order valence-electron chi connectivity index (χ0n) is 12.7. The Morgan fingerprint density at radius 2 is 1.86 bits per heavy atom. The Kier molecular flexibility index (Phi) is 5.38. The Hall–Kier alpha value is -1.38. The van der Waals surface area contributed by atoms with Crippen molar-refractivity contribution in [2.45, 2.75) is 33.2 Å². The molecule has 1 N–H and O–H groups in total. The van der Waals surface area contributed by atoms with E-state index in [9.17, 15) is 4.39 Å². The Balaban J connectivity index is 2.25. The molecule has 0 amide bonds. The van der Waals surface area contributed by atoms with E-state index in [1.807, 2.05) is 6.07 Å². The van der Waals surface area contributed by atoms with Crippen LogP contribution >= 0.6 is 11.6 Å². The van der Waals surface area contributed by atoms with Crippen LogP contribution in [0.25, 0.3) is 0 Å². The maximum atomic E-state index is 13.6. The van der Waals surface area contributed by atoms with Crippen LogP contribution in [0.3, 0.4) is 0 Å². The lowest BCUT2D eigenvalue weighted by molar-refractivity contribution is 0.546. The summed E-state index contributed by atoms with van der Waals surface area (Å²) in [5.74, 6) is -0.357. The van der Waals surface area contributed by atoms with Crippen LogP contribution in [0.15, 0.2) is 36.4 Å². The predicted octanol–water partition coefficient (Wildman–Crippen LogP) is 4.99. The van der Waals surface area contributed by atoms with Crippen molar-refractivity contribution in [3.63, 3.8) is 0 Å². The molecule has 0 aliphatic rings. The van der Waals surface area contributed by atoms with Crippen molar-refractivity contribution in [3.05, 3.63) is 69.5 Å². The van der Waals surface area contributed by atoms with Crippen molar-refractivity contribution in [3.8, 4) is 0 Å². The van der Waals surface area contributed by atoms with Crippen molar-refractivity contribution < 1.29 is 4.39 Å². The van der Waals surface area contributed by atoms with Gasteiger partial charge in [-0.2, -0.15) is 0 Å². The highest BCUT2D eigenvalue weighted by Gasteiger charge is 2.13. The van der Waals surface area contributed by atoms with Crippen LogP contribution in [0.1, 0.15) is 35.2 Å². The van der Waals surface area contributed by atoms with Gasteiger partial charge in [0.15, 0.2) is 0 Å². The highest BCUT2D eigenvalue weighted by atomic mass is 35.5. The van der Waals surface area contributed by atoms with Gasteiger partial charge in [0.1, 0.15) is 5.82 Å². The molecule has 1 unspecified atom stereocenters. The van der Waals surface area contributed by atoms with E-state index in [0.29, 0.717) is 0 Å². The molecule has 0 aromatic heterocycles. The third kappa shape index (κ3) is 4.05. The summed E-state index contributed by atoms with van der Waals surface area (Å²) in [7, 11) is 0. The summed E-state index contributed by atoms with van der Waals surface area (Å²) in [6, 6.07) is 11.7. The van der Waals surface area contributed by atoms with Gasteiger partial charge in [-0.25, -0.2) is 4.39 Å². The molecular weight excluding hydrogens is 285 g/mol. The van der Waals surface area contributed by atoms with E-state index in [-0.39, 0.29) is 16.9 Å². The quantitative estimate of drug-likeness (QED) is 0.820. The number of hydrogen-bond acceptors (Lipinski definition) is 1. The van der Waals surface area contributed by atoms with Crippen molar-refractivity contribution in [2.75, 3.05) is 6.54 Å². The summed E-state index contributed by atoms with van der Waals surface area (Å²) in [6.45, 7) is 7.17. The lowest BCUT2D eigenvalue weighted by Gasteiger charge is -2.20. The zero-order chi connectivity index (χ0) is 15.4. The number of likely N-dealkylation sites (N-methyl/N-ethyl adjacent to an activating group) is 1. The second-order valence-corrected chi connectivity index (χ2v) is 5.81. The molecule has 1 atom stereocenters. The Bertz CT molecular complexity index is 625. The second kappa shape index (κ2) is 7.06. The van der Waals surface area contributed by atoms with E-state index in [2.05, 4.69) is 44.3 Å². The number of aryl methyl sites for hydroxylation is 2. The molecule has 2 rings (SSSR count). The molecule has 21 heavy (non-hydrogen) atoms. The highest BCUT2D eigenvalue weighted by molar-refractivity contribution is 6.30. The fourth-order valence-electron chi connectivity index (χ4n) is 2.44. The lowest BCUT2D eigenvalue weighted by Crippen LogP contribution is -2.23. The summed E-state index contributed by atoms with van der Waals surface area (Å²) >= 11 is 5.74. The van der Waals surface area contributed by atoms with E-state index < -0.39 is 0 Å². The van der Waals surface area contributed by atoms with Crippen LogP contribution < -0.4 is 5.32 Å². The molecule has 112 valence electrons. The van der Waals surface area contributed by atoms with E-state index in [1.165, 1.54) is 22.8 Å². The molecule has 0 bridgehead atoms. The predicted molar refractivity (Wildman–Crippen MR) is 87.4 cm³/mol. The molecule has 0 saturated carbocycles. The molecule has 3 heteroatoms. The van der Waals surface area contributed by atoms with E-state index >= 15 is 0 Å². The summed E-state index contributed by atoms with van der Waals surface area (Å²) in [4.78, 5) is 0. The van der Waals surface area contributed by atoms with Crippen LogP contribution in [-0.4, -0.2) is 6.54 Å². The molecule has 0 radical (unpaired) electrons. The van der Waals surface area contributed by atoms with Crippen molar-refractivity contribution in [2.24, 2.45) is 0 Å². The molecular formula is C18H21ClFN. The van der Waals surface area contributed by atoms with Gasteiger partial charge >= 0.3 is 0 Å². The second-order valence-electron chi connectivity index (χ2n) is 5.41. The molecule has 2 aromatic carbocycles. The minimum atomic E-state index is -0.357. The summed E-state index contributed by atoms with van der Waals surface area (Å²) in [5.41, 5.74) is 4.74. The largest absolute Gasteiger partial charge is 0.310 e. The third-order valence-electron chi connectivity index (χ3n) is 3.81. The minimum Gasteiger partial charge on any atom is -0.310 e. The maximum absolute atomic E-state index is 13.6. The average Bonchev–Trinajstić information content (AvgIpc) is 2.45. The SMILES string of the molecule is CCNC(Cc1ccc(Cl)c(F)c1)c1ccc(C)c(C)c1. The standard InChI is InChI=1S/C18H21ClFN/c1-4-21-18(15-7-5-12(2)13(3)9-15)11-14-6-8-16(19)17(20)10-14/h5-10,18,21H,4,11H2,1-3H3. The maximum Gasteiger partial charge on any atom is 0.142 e. The van der Waals surface area contributed by atoms with Crippen LogP contribution in [0, 0.1) is 19.7 Å². The zero-order valence-corrected chi connectivity index (χ0v) is 13.5. The molecule has 2 aromatic rings. The van der Waals surface area contributed by atoms with Crippen molar-refractivity contribution in [1.82, 2.24) is 5.32 Å². The number of rotatable bonds is 5. The molecule has 0 aliphatic heterocycles. The van der Waals surface area contributed by atoms with Gasteiger partial charge in [0, 0.05) is 6.04 Å². The fraction of sp³-hybridized carbons (Fsp3) is 0.333. The van der Waals surface area contributed by atoms with Gasteiger partial charge in [-0.15, -0.1) is 0 Å². The number of benzene rings is 2. The van der Waals surface area contributed by atoms with Crippen molar-refractivity contribution >= 4 is 11.6 Å². The van der Waals surface area contributed by atoms with E-state index in [1.54, 1.807) is 6.07 Å². The van der Waals surface area contributed by atoms with Crippen molar-refractivity contribution in [1.29, 1.82) is 0 Å². The summed E-state index contributed by atoms with van der Waals surface area (Å²) < 4.78 is 13.6. The number of hydrogen-bond donors (Lipinski definition) is 1. The Morgan fingerprint density at radius 3 is 2.48 bits per heavy atom. The van der Waals surface area contributed by atoms with Gasteiger partial charge in [-0.05, 0) is 61.2 Å². The van der Waals surface area contributed by atoms with Crippen LogP contribution in [0.2, 0.25) is 5.02 Å². The smallest absolute Gasteiger partial charge is 0.142 e. The molecule has 0 spiro atoms. The lowest BCUT2D eigenvalue weighted by atomic mass is 9.96. The topological polar surface area (TPSA) is 12.0 Å². The monoisotopic (exact) mass is 305 g/mol. The van der Waals surface area contributed by atoms with Gasteiger partial charge in [-0.3, -0.25) is 0 Å². The van der Waals surface area contributed by atoms with Gasteiger partial charge in [-0.1, -0.05) is 42.8 Å². The molecule has 1 nitrogen and oxygen atoms in total.